The number of likely N-dealkylation sites (N-methyl/N-ethyl adjacent to an activating group) is 2. The number of carbonyl (C=O) groups excluding carboxylic acids is 2. The second kappa shape index (κ2) is 4.76. The van der Waals surface area contributed by atoms with Crippen molar-refractivity contribution >= 4 is 12.0 Å². The molecule has 104 valence electrons. The Balaban J connectivity index is 2.75. The summed E-state index contributed by atoms with van der Waals surface area (Å²) in [6.45, 7) is 5.38. The monoisotopic (exact) mass is 258 g/mol. The molecule has 6 nitrogen and oxygen atoms in total. The smallest absolute Gasteiger partial charge is 0.410 e. The lowest BCUT2D eigenvalue weighted by molar-refractivity contribution is -0.175. The topological polar surface area (TPSA) is 59.1 Å². The minimum atomic E-state index is -0.799. The molecule has 0 spiro atoms. The van der Waals surface area contributed by atoms with Gasteiger partial charge in [-0.05, 0) is 33.6 Å². The first-order valence-corrected chi connectivity index (χ1v) is 5.93. The van der Waals surface area contributed by atoms with E-state index in [9.17, 15) is 9.59 Å². The van der Waals surface area contributed by atoms with Crippen LogP contribution in [0.1, 0.15) is 33.6 Å². The molecule has 0 atom stereocenters. The predicted molar refractivity (Wildman–Crippen MR) is 65.7 cm³/mol. The normalized spacial score (nSPS) is 17.0. The fraction of sp³-hybridized carbons (Fsp3) is 0.833. The van der Waals surface area contributed by atoms with Crippen LogP contribution in [0.2, 0.25) is 0 Å². The number of hydroxylamine groups is 2. The Kier molecular flexibility index (Phi) is 3.90. The van der Waals surface area contributed by atoms with Crippen LogP contribution in [0.3, 0.4) is 0 Å². The Morgan fingerprint density at radius 2 is 1.67 bits per heavy atom. The SMILES string of the molecule is CON(C)C(=O)C1(N(C)C(=O)OC(C)(C)C)CC1. The van der Waals surface area contributed by atoms with Crippen molar-refractivity contribution in [2.75, 3.05) is 21.2 Å². The van der Waals surface area contributed by atoms with E-state index in [0.29, 0.717) is 12.8 Å². The van der Waals surface area contributed by atoms with Crippen molar-refractivity contribution in [3.05, 3.63) is 0 Å². The number of hydrogen-bond acceptors (Lipinski definition) is 4. The molecule has 0 saturated heterocycles. The second-order valence-electron chi connectivity index (χ2n) is 5.56. The van der Waals surface area contributed by atoms with Crippen LogP contribution >= 0.6 is 0 Å². The molecular formula is C12H22N2O4. The van der Waals surface area contributed by atoms with Gasteiger partial charge in [-0.3, -0.25) is 14.5 Å². The molecule has 2 amide bonds. The van der Waals surface area contributed by atoms with Crippen molar-refractivity contribution < 1.29 is 19.2 Å². The molecule has 1 rings (SSSR count). The van der Waals surface area contributed by atoms with E-state index in [-0.39, 0.29) is 5.91 Å². The Hall–Kier alpha value is -1.30. The van der Waals surface area contributed by atoms with Gasteiger partial charge in [0.15, 0.2) is 0 Å². The maximum Gasteiger partial charge on any atom is 0.410 e. The molecule has 1 aliphatic rings. The Bertz CT molecular complexity index is 344. The van der Waals surface area contributed by atoms with E-state index in [2.05, 4.69) is 0 Å². The number of nitrogens with zero attached hydrogens (tertiary/aromatic N) is 2. The summed E-state index contributed by atoms with van der Waals surface area (Å²) in [6, 6.07) is 0. The van der Waals surface area contributed by atoms with Crippen LogP contribution in [0.15, 0.2) is 0 Å². The molecule has 0 aromatic rings. The van der Waals surface area contributed by atoms with Crippen LogP contribution in [0.25, 0.3) is 0 Å². The summed E-state index contributed by atoms with van der Waals surface area (Å²) in [5, 5.41) is 1.15. The molecule has 1 fully saturated rings. The maximum atomic E-state index is 12.1. The van der Waals surface area contributed by atoms with Crippen molar-refractivity contribution in [2.24, 2.45) is 0 Å². The van der Waals surface area contributed by atoms with Crippen LogP contribution in [0.5, 0.6) is 0 Å². The number of amides is 2. The molecule has 0 unspecified atom stereocenters. The van der Waals surface area contributed by atoms with Gasteiger partial charge < -0.3 is 4.74 Å². The quantitative estimate of drug-likeness (QED) is 0.718. The van der Waals surface area contributed by atoms with Crippen molar-refractivity contribution in [3.63, 3.8) is 0 Å². The standard InChI is InChI=1S/C12H22N2O4/c1-11(2,3)18-10(16)13(4)12(7-8-12)9(15)14(5)17-6/h7-8H2,1-6H3. The van der Waals surface area contributed by atoms with Crippen LogP contribution in [0, 0.1) is 0 Å². The van der Waals surface area contributed by atoms with E-state index in [1.54, 1.807) is 27.8 Å². The molecular weight excluding hydrogens is 236 g/mol. The van der Waals surface area contributed by atoms with E-state index in [4.69, 9.17) is 9.57 Å². The highest BCUT2D eigenvalue weighted by atomic mass is 16.7. The first-order valence-electron chi connectivity index (χ1n) is 5.93. The van der Waals surface area contributed by atoms with E-state index in [0.717, 1.165) is 5.06 Å². The molecule has 0 bridgehead atoms. The molecule has 0 heterocycles. The van der Waals surface area contributed by atoms with E-state index in [1.165, 1.54) is 19.1 Å². The van der Waals surface area contributed by atoms with Gasteiger partial charge in [0.25, 0.3) is 5.91 Å². The fourth-order valence-electron chi connectivity index (χ4n) is 1.69. The third-order valence-corrected chi connectivity index (χ3v) is 2.99. The summed E-state index contributed by atoms with van der Waals surface area (Å²) in [5.74, 6) is -0.224. The minimum absolute atomic E-state index is 0.224. The molecule has 0 radical (unpaired) electrons. The van der Waals surface area contributed by atoms with Crippen LogP contribution in [0.4, 0.5) is 4.79 Å². The van der Waals surface area contributed by atoms with Crippen LogP contribution < -0.4 is 0 Å². The summed E-state index contributed by atoms with van der Waals surface area (Å²) in [7, 11) is 4.54. The zero-order valence-corrected chi connectivity index (χ0v) is 11.9. The molecule has 1 aliphatic carbocycles. The highest BCUT2D eigenvalue weighted by Crippen LogP contribution is 2.43. The third kappa shape index (κ3) is 2.93. The lowest BCUT2D eigenvalue weighted by atomic mass is 10.2. The number of hydrogen-bond donors (Lipinski definition) is 0. The number of ether oxygens (including phenoxy) is 1. The summed E-state index contributed by atoms with van der Waals surface area (Å²) in [5.41, 5.74) is -1.37. The Morgan fingerprint density at radius 3 is 2.00 bits per heavy atom. The average molecular weight is 258 g/mol. The second-order valence-corrected chi connectivity index (χ2v) is 5.56. The molecule has 0 aliphatic heterocycles. The van der Waals surface area contributed by atoms with E-state index < -0.39 is 17.2 Å². The maximum absolute atomic E-state index is 12.1. The highest BCUT2D eigenvalue weighted by Gasteiger charge is 2.57. The largest absolute Gasteiger partial charge is 0.444 e. The molecule has 0 aromatic heterocycles. The third-order valence-electron chi connectivity index (χ3n) is 2.99. The van der Waals surface area contributed by atoms with Crippen molar-refractivity contribution in [1.82, 2.24) is 9.96 Å². The first kappa shape index (κ1) is 14.8. The van der Waals surface area contributed by atoms with Gasteiger partial charge >= 0.3 is 6.09 Å². The first-order chi connectivity index (χ1) is 8.14. The highest BCUT2D eigenvalue weighted by molar-refractivity contribution is 5.92. The van der Waals surface area contributed by atoms with Gasteiger partial charge in [-0.15, -0.1) is 0 Å². The van der Waals surface area contributed by atoms with E-state index in [1.807, 2.05) is 0 Å². The van der Waals surface area contributed by atoms with Gasteiger partial charge in [0.2, 0.25) is 0 Å². The Labute approximate surface area is 108 Å². The van der Waals surface area contributed by atoms with Gasteiger partial charge in [0.05, 0.1) is 7.11 Å². The van der Waals surface area contributed by atoms with E-state index >= 15 is 0 Å². The van der Waals surface area contributed by atoms with Gasteiger partial charge in [-0.25, -0.2) is 9.86 Å². The number of rotatable bonds is 3. The zero-order valence-electron chi connectivity index (χ0n) is 11.9. The van der Waals surface area contributed by atoms with Gasteiger partial charge in [-0.2, -0.15) is 0 Å². The van der Waals surface area contributed by atoms with Crippen LogP contribution in [-0.4, -0.2) is 54.3 Å². The van der Waals surface area contributed by atoms with Gasteiger partial charge in [-0.1, -0.05) is 0 Å². The summed E-state index contributed by atoms with van der Waals surface area (Å²) >= 11 is 0. The number of carbonyl (C=O) groups is 2. The zero-order chi connectivity index (χ0) is 14.1. The fourth-order valence-corrected chi connectivity index (χ4v) is 1.69. The van der Waals surface area contributed by atoms with Gasteiger partial charge in [0, 0.05) is 14.1 Å². The molecule has 1 saturated carbocycles. The summed E-state index contributed by atoms with van der Waals surface area (Å²) in [4.78, 5) is 30.3. The molecule has 18 heavy (non-hydrogen) atoms. The Morgan fingerprint density at radius 1 is 1.17 bits per heavy atom. The van der Waals surface area contributed by atoms with Crippen LogP contribution in [-0.2, 0) is 14.4 Å². The van der Waals surface area contributed by atoms with Crippen molar-refractivity contribution in [3.8, 4) is 0 Å². The minimum Gasteiger partial charge on any atom is -0.444 e. The summed E-state index contributed by atoms with van der Waals surface area (Å²) in [6.07, 6.45) is 0.780. The average Bonchev–Trinajstić information content (AvgIpc) is 3.04. The van der Waals surface area contributed by atoms with Crippen molar-refractivity contribution in [1.29, 1.82) is 0 Å². The van der Waals surface area contributed by atoms with Crippen molar-refractivity contribution in [2.45, 2.75) is 44.8 Å². The predicted octanol–water partition coefficient (Wildman–Crippen LogP) is 1.41. The molecule has 6 heteroatoms. The molecule has 0 aromatic carbocycles. The summed E-state index contributed by atoms with van der Waals surface area (Å²) < 4.78 is 5.26. The molecule has 0 N–H and O–H groups in total. The lowest BCUT2D eigenvalue weighted by Gasteiger charge is -2.31. The van der Waals surface area contributed by atoms with Gasteiger partial charge in [0.1, 0.15) is 11.1 Å². The lowest BCUT2D eigenvalue weighted by Crippen LogP contribution is -2.51.